The standard InChI is InChI=1S/C12H15ClN4/c1-8(2)17(3)12-7-9(6-11(13)15-12)10-4-5-14-16-10/h4-8H,1-3H3,(H,14,16). The number of aromatic nitrogens is 3. The van der Waals surface area contributed by atoms with Gasteiger partial charge in [-0.15, -0.1) is 0 Å². The van der Waals surface area contributed by atoms with E-state index < -0.39 is 0 Å². The van der Waals surface area contributed by atoms with Gasteiger partial charge in [0.05, 0.1) is 5.69 Å². The van der Waals surface area contributed by atoms with Crippen molar-refractivity contribution in [2.24, 2.45) is 0 Å². The molecule has 0 saturated carbocycles. The molecule has 4 nitrogen and oxygen atoms in total. The predicted octanol–water partition coefficient (Wildman–Crippen LogP) is 2.97. The third kappa shape index (κ3) is 2.58. The molecule has 0 amide bonds. The Labute approximate surface area is 106 Å². The number of hydrogen-bond donors (Lipinski definition) is 1. The average Bonchev–Trinajstić information content (AvgIpc) is 2.80. The lowest BCUT2D eigenvalue weighted by Gasteiger charge is -2.23. The van der Waals surface area contributed by atoms with Crippen LogP contribution in [0.3, 0.4) is 0 Å². The van der Waals surface area contributed by atoms with E-state index in [-0.39, 0.29) is 0 Å². The van der Waals surface area contributed by atoms with Crippen molar-refractivity contribution in [2.75, 3.05) is 11.9 Å². The van der Waals surface area contributed by atoms with Crippen LogP contribution in [0.15, 0.2) is 24.4 Å². The lowest BCUT2D eigenvalue weighted by molar-refractivity contribution is 0.743. The van der Waals surface area contributed by atoms with Crippen LogP contribution in [0.25, 0.3) is 11.3 Å². The van der Waals surface area contributed by atoms with Crippen molar-refractivity contribution < 1.29 is 0 Å². The highest BCUT2D eigenvalue weighted by atomic mass is 35.5. The molecule has 2 aromatic heterocycles. The number of nitrogens with zero attached hydrogens (tertiary/aromatic N) is 3. The molecule has 0 aliphatic carbocycles. The summed E-state index contributed by atoms with van der Waals surface area (Å²) in [7, 11) is 2.00. The van der Waals surface area contributed by atoms with Crippen molar-refractivity contribution in [1.29, 1.82) is 0 Å². The van der Waals surface area contributed by atoms with Crippen LogP contribution in [0.4, 0.5) is 5.82 Å². The van der Waals surface area contributed by atoms with E-state index >= 15 is 0 Å². The van der Waals surface area contributed by atoms with Gasteiger partial charge in [-0.1, -0.05) is 11.6 Å². The minimum Gasteiger partial charge on any atom is -0.357 e. The second kappa shape index (κ2) is 4.75. The molecule has 2 aromatic rings. The zero-order valence-corrected chi connectivity index (χ0v) is 10.9. The van der Waals surface area contributed by atoms with Crippen LogP contribution in [0.2, 0.25) is 5.15 Å². The molecule has 5 heteroatoms. The van der Waals surface area contributed by atoms with Crippen LogP contribution in [0.5, 0.6) is 0 Å². The minimum atomic E-state index is 0.371. The van der Waals surface area contributed by atoms with Crippen molar-refractivity contribution in [1.82, 2.24) is 15.2 Å². The van der Waals surface area contributed by atoms with Gasteiger partial charge in [0.1, 0.15) is 11.0 Å². The summed E-state index contributed by atoms with van der Waals surface area (Å²) in [6.45, 7) is 4.22. The summed E-state index contributed by atoms with van der Waals surface area (Å²) in [4.78, 5) is 6.40. The fourth-order valence-corrected chi connectivity index (χ4v) is 1.70. The maximum absolute atomic E-state index is 6.04. The molecule has 0 aliphatic heterocycles. The Morgan fingerprint density at radius 1 is 1.35 bits per heavy atom. The molecule has 2 rings (SSSR count). The van der Waals surface area contributed by atoms with E-state index in [2.05, 4.69) is 33.9 Å². The fourth-order valence-electron chi connectivity index (χ4n) is 1.50. The number of rotatable bonds is 3. The maximum atomic E-state index is 6.04. The zero-order valence-electron chi connectivity index (χ0n) is 10.1. The van der Waals surface area contributed by atoms with Crippen LogP contribution in [-0.2, 0) is 0 Å². The number of hydrogen-bond acceptors (Lipinski definition) is 3. The lowest BCUT2D eigenvalue weighted by Crippen LogP contribution is -2.26. The molecular weight excluding hydrogens is 236 g/mol. The quantitative estimate of drug-likeness (QED) is 0.852. The van der Waals surface area contributed by atoms with Gasteiger partial charge in [0.15, 0.2) is 0 Å². The lowest BCUT2D eigenvalue weighted by atomic mass is 10.2. The van der Waals surface area contributed by atoms with Crippen LogP contribution in [0.1, 0.15) is 13.8 Å². The number of aromatic amines is 1. The molecule has 0 radical (unpaired) electrons. The predicted molar refractivity (Wildman–Crippen MR) is 70.4 cm³/mol. The Morgan fingerprint density at radius 3 is 2.71 bits per heavy atom. The van der Waals surface area contributed by atoms with E-state index in [0.717, 1.165) is 17.1 Å². The number of anilines is 1. The first-order chi connectivity index (χ1) is 8.08. The smallest absolute Gasteiger partial charge is 0.132 e. The molecule has 17 heavy (non-hydrogen) atoms. The minimum absolute atomic E-state index is 0.371. The molecule has 1 N–H and O–H groups in total. The second-order valence-corrected chi connectivity index (χ2v) is 4.60. The summed E-state index contributed by atoms with van der Waals surface area (Å²) in [5.41, 5.74) is 1.93. The summed E-state index contributed by atoms with van der Waals surface area (Å²) in [5.74, 6) is 0.858. The summed E-state index contributed by atoms with van der Waals surface area (Å²) < 4.78 is 0. The van der Waals surface area contributed by atoms with Crippen molar-refractivity contribution >= 4 is 17.4 Å². The first kappa shape index (κ1) is 11.9. The van der Waals surface area contributed by atoms with Gasteiger partial charge in [-0.2, -0.15) is 5.10 Å². The Hall–Kier alpha value is -1.55. The average molecular weight is 251 g/mol. The highest BCUT2D eigenvalue weighted by molar-refractivity contribution is 6.29. The molecular formula is C12H15ClN4. The van der Waals surface area contributed by atoms with E-state index in [1.54, 1.807) is 6.20 Å². The molecule has 0 fully saturated rings. The first-order valence-electron chi connectivity index (χ1n) is 5.48. The van der Waals surface area contributed by atoms with Crippen LogP contribution in [-0.4, -0.2) is 28.3 Å². The third-order valence-corrected chi connectivity index (χ3v) is 2.92. The topological polar surface area (TPSA) is 44.8 Å². The largest absolute Gasteiger partial charge is 0.357 e. The Balaban J connectivity index is 2.43. The summed E-state index contributed by atoms with van der Waals surface area (Å²) >= 11 is 6.04. The summed E-state index contributed by atoms with van der Waals surface area (Å²) in [5, 5.41) is 7.34. The summed E-state index contributed by atoms with van der Waals surface area (Å²) in [6.07, 6.45) is 1.72. The van der Waals surface area contributed by atoms with Gasteiger partial charge < -0.3 is 4.90 Å². The monoisotopic (exact) mass is 250 g/mol. The van der Waals surface area contributed by atoms with E-state index in [1.807, 2.05) is 25.2 Å². The normalized spacial score (nSPS) is 10.9. The number of halogens is 1. The summed E-state index contributed by atoms with van der Waals surface area (Å²) in [6, 6.07) is 6.10. The third-order valence-electron chi connectivity index (χ3n) is 2.73. The maximum Gasteiger partial charge on any atom is 0.132 e. The van der Waals surface area contributed by atoms with Gasteiger partial charge in [-0.25, -0.2) is 4.98 Å². The van der Waals surface area contributed by atoms with Crippen LogP contribution >= 0.6 is 11.6 Å². The van der Waals surface area contributed by atoms with E-state index in [0.29, 0.717) is 11.2 Å². The highest BCUT2D eigenvalue weighted by Gasteiger charge is 2.10. The van der Waals surface area contributed by atoms with Gasteiger partial charge >= 0.3 is 0 Å². The molecule has 0 aliphatic rings. The van der Waals surface area contributed by atoms with Crippen LogP contribution < -0.4 is 4.90 Å². The van der Waals surface area contributed by atoms with E-state index in [4.69, 9.17) is 11.6 Å². The molecule has 90 valence electrons. The van der Waals surface area contributed by atoms with Gasteiger partial charge in [0, 0.05) is 24.8 Å². The van der Waals surface area contributed by atoms with Crippen molar-refractivity contribution in [3.63, 3.8) is 0 Å². The molecule has 0 bridgehead atoms. The molecule has 0 saturated heterocycles. The Morgan fingerprint density at radius 2 is 2.12 bits per heavy atom. The zero-order chi connectivity index (χ0) is 12.4. The molecule has 0 atom stereocenters. The fraction of sp³-hybridized carbons (Fsp3) is 0.333. The number of nitrogens with one attached hydrogen (secondary N) is 1. The highest BCUT2D eigenvalue weighted by Crippen LogP contribution is 2.25. The SMILES string of the molecule is CC(C)N(C)c1cc(-c2ccn[nH]2)cc(Cl)n1. The van der Waals surface area contributed by atoms with Gasteiger partial charge in [-0.3, -0.25) is 5.10 Å². The van der Waals surface area contributed by atoms with Crippen molar-refractivity contribution in [2.45, 2.75) is 19.9 Å². The van der Waals surface area contributed by atoms with Gasteiger partial charge in [0.2, 0.25) is 0 Å². The Kier molecular flexibility index (Phi) is 3.33. The van der Waals surface area contributed by atoms with Crippen molar-refractivity contribution in [3.8, 4) is 11.3 Å². The molecule has 0 unspecified atom stereocenters. The van der Waals surface area contributed by atoms with Gasteiger partial charge in [-0.05, 0) is 32.0 Å². The molecule has 2 heterocycles. The van der Waals surface area contributed by atoms with Crippen LogP contribution in [0, 0.1) is 0 Å². The molecule has 0 aromatic carbocycles. The Bertz CT molecular complexity index is 493. The number of pyridine rings is 1. The van der Waals surface area contributed by atoms with Gasteiger partial charge in [0.25, 0.3) is 0 Å². The van der Waals surface area contributed by atoms with Crippen molar-refractivity contribution in [3.05, 3.63) is 29.5 Å². The first-order valence-corrected chi connectivity index (χ1v) is 5.86. The second-order valence-electron chi connectivity index (χ2n) is 4.21. The van der Waals surface area contributed by atoms with E-state index in [9.17, 15) is 0 Å². The molecule has 0 spiro atoms. The number of H-pyrrole nitrogens is 1. The van der Waals surface area contributed by atoms with E-state index in [1.165, 1.54) is 0 Å².